The SMILES string of the molecule is Cc1cc(S(C)(=O)=O)c(Cn2cc3ccc(C#N)c(O[C@@H]4CN[C@@H](C(=O)O)C4)c3n2)c2cc[nH]c12. The number of hydrogen-bond donors (Lipinski definition) is 3. The van der Waals surface area contributed by atoms with E-state index in [0.29, 0.717) is 28.9 Å². The highest BCUT2D eigenvalue weighted by atomic mass is 32.2. The van der Waals surface area contributed by atoms with Crippen molar-refractivity contribution in [1.82, 2.24) is 20.1 Å². The third kappa shape index (κ3) is 4.11. The minimum Gasteiger partial charge on any atom is -0.485 e. The molecule has 10 nitrogen and oxygen atoms in total. The summed E-state index contributed by atoms with van der Waals surface area (Å²) in [5.74, 6) is -0.657. The Morgan fingerprint density at radius 2 is 2.17 bits per heavy atom. The molecule has 180 valence electrons. The predicted octanol–water partition coefficient (Wildman–Crippen LogP) is 2.34. The zero-order valence-corrected chi connectivity index (χ0v) is 19.9. The highest BCUT2D eigenvalue weighted by molar-refractivity contribution is 7.90. The topological polar surface area (TPSA) is 150 Å². The second-order valence-electron chi connectivity index (χ2n) is 8.80. The average Bonchev–Trinajstić information content (AvgIpc) is 3.54. The van der Waals surface area contributed by atoms with Gasteiger partial charge in [0.1, 0.15) is 23.7 Å². The Morgan fingerprint density at radius 3 is 2.86 bits per heavy atom. The molecule has 11 heteroatoms. The van der Waals surface area contributed by atoms with Crippen molar-refractivity contribution >= 4 is 37.6 Å². The number of ether oxygens (including phenoxy) is 1. The van der Waals surface area contributed by atoms with Gasteiger partial charge in [-0.3, -0.25) is 9.48 Å². The van der Waals surface area contributed by atoms with Gasteiger partial charge in [0.2, 0.25) is 0 Å². The number of nitrogens with zero attached hydrogens (tertiary/aromatic N) is 3. The lowest BCUT2D eigenvalue weighted by atomic mass is 10.1. The van der Waals surface area contributed by atoms with E-state index in [9.17, 15) is 23.6 Å². The van der Waals surface area contributed by atoms with E-state index in [0.717, 1.165) is 21.9 Å². The van der Waals surface area contributed by atoms with Crippen molar-refractivity contribution in [2.75, 3.05) is 12.8 Å². The molecule has 0 saturated carbocycles. The van der Waals surface area contributed by atoms with Crippen molar-refractivity contribution < 1.29 is 23.1 Å². The van der Waals surface area contributed by atoms with Crippen LogP contribution in [0.25, 0.3) is 21.8 Å². The predicted molar refractivity (Wildman–Crippen MR) is 128 cm³/mol. The van der Waals surface area contributed by atoms with Crippen LogP contribution in [-0.2, 0) is 21.2 Å². The van der Waals surface area contributed by atoms with Crippen LogP contribution in [0.5, 0.6) is 5.75 Å². The zero-order valence-electron chi connectivity index (χ0n) is 19.1. The Balaban J connectivity index is 1.57. The number of aromatic nitrogens is 3. The lowest BCUT2D eigenvalue weighted by Crippen LogP contribution is -2.30. The third-order valence-electron chi connectivity index (χ3n) is 6.30. The Kier molecular flexibility index (Phi) is 5.50. The summed E-state index contributed by atoms with van der Waals surface area (Å²) >= 11 is 0. The van der Waals surface area contributed by atoms with Crippen LogP contribution >= 0.6 is 0 Å². The van der Waals surface area contributed by atoms with Crippen LogP contribution in [-0.4, -0.2) is 59.2 Å². The van der Waals surface area contributed by atoms with E-state index < -0.39 is 28.0 Å². The molecule has 4 aromatic rings. The van der Waals surface area contributed by atoms with E-state index in [-0.39, 0.29) is 17.9 Å². The second-order valence-corrected chi connectivity index (χ2v) is 10.8. The molecule has 0 aliphatic carbocycles. The Hall–Kier alpha value is -3.88. The fourth-order valence-corrected chi connectivity index (χ4v) is 5.65. The lowest BCUT2D eigenvalue weighted by molar-refractivity contribution is -0.139. The molecule has 3 heterocycles. The zero-order chi connectivity index (χ0) is 24.9. The normalized spacial score (nSPS) is 18.2. The number of fused-ring (bicyclic) bond motifs is 2. The van der Waals surface area contributed by atoms with Gasteiger partial charge < -0.3 is 20.1 Å². The molecule has 1 aliphatic heterocycles. The van der Waals surface area contributed by atoms with Crippen LogP contribution in [0.2, 0.25) is 0 Å². The largest absolute Gasteiger partial charge is 0.485 e. The van der Waals surface area contributed by atoms with Crippen LogP contribution in [0.4, 0.5) is 0 Å². The fourth-order valence-electron chi connectivity index (χ4n) is 4.64. The first-order valence-corrected chi connectivity index (χ1v) is 12.9. The van der Waals surface area contributed by atoms with Crippen molar-refractivity contribution in [2.24, 2.45) is 0 Å². The Morgan fingerprint density at radius 1 is 1.37 bits per heavy atom. The molecule has 0 radical (unpaired) electrons. The first kappa shape index (κ1) is 22.9. The Labute approximate surface area is 201 Å². The standard InChI is InChI=1S/C24H23N5O5S/c1-13-7-20(35(2,32)33)18(17-5-6-26-21(13)17)12-29-11-15-4-3-14(9-25)23(22(15)28-29)34-16-8-19(24(30)31)27-10-16/h3-7,11,16,19,26-27H,8,10,12H2,1-2H3,(H,30,31)/t16-,19+/m0/s1. The molecule has 2 aromatic heterocycles. The number of nitrogens with one attached hydrogen (secondary N) is 2. The van der Waals surface area contributed by atoms with Gasteiger partial charge in [-0.15, -0.1) is 0 Å². The van der Waals surface area contributed by atoms with Crippen LogP contribution in [0, 0.1) is 18.3 Å². The lowest BCUT2D eigenvalue weighted by Gasteiger charge is -2.14. The quantitative estimate of drug-likeness (QED) is 0.370. The summed E-state index contributed by atoms with van der Waals surface area (Å²) in [6.07, 6.45) is 4.59. The summed E-state index contributed by atoms with van der Waals surface area (Å²) in [6.45, 7) is 2.39. The number of rotatable bonds is 6. The van der Waals surface area contributed by atoms with Gasteiger partial charge in [0.25, 0.3) is 0 Å². The second kappa shape index (κ2) is 8.41. The number of benzene rings is 2. The molecule has 1 aliphatic rings. The summed E-state index contributed by atoms with van der Waals surface area (Å²) in [7, 11) is -3.50. The molecule has 35 heavy (non-hydrogen) atoms. The van der Waals surface area contributed by atoms with Gasteiger partial charge in [0, 0.05) is 53.5 Å². The summed E-state index contributed by atoms with van der Waals surface area (Å²) < 4.78 is 32.9. The summed E-state index contributed by atoms with van der Waals surface area (Å²) in [4.78, 5) is 14.7. The van der Waals surface area contributed by atoms with Gasteiger partial charge in [0.05, 0.1) is 17.0 Å². The van der Waals surface area contributed by atoms with E-state index in [2.05, 4.69) is 21.5 Å². The number of H-pyrrole nitrogens is 1. The first-order valence-electron chi connectivity index (χ1n) is 11.0. The summed E-state index contributed by atoms with van der Waals surface area (Å²) in [6, 6.07) is 8.33. The Bertz CT molecular complexity index is 1630. The number of sulfone groups is 1. The smallest absolute Gasteiger partial charge is 0.320 e. The summed E-state index contributed by atoms with van der Waals surface area (Å²) in [5, 5.41) is 27.9. The number of carbonyl (C=O) groups is 1. The molecular weight excluding hydrogens is 470 g/mol. The van der Waals surface area contributed by atoms with Crippen LogP contribution in [0.1, 0.15) is 23.1 Å². The maximum absolute atomic E-state index is 12.6. The van der Waals surface area contributed by atoms with Gasteiger partial charge in [0.15, 0.2) is 15.6 Å². The number of hydrogen-bond acceptors (Lipinski definition) is 7. The van der Waals surface area contributed by atoms with Crippen molar-refractivity contribution in [2.45, 2.75) is 36.9 Å². The summed E-state index contributed by atoms with van der Waals surface area (Å²) in [5.41, 5.74) is 3.07. The van der Waals surface area contributed by atoms with Crippen molar-refractivity contribution in [1.29, 1.82) is 5.26 Å². The van der Waals surface area contributed by atoms with Gasteiger partial charge in [-0.1, -0.05) is 0 Å². The fraction of sp³-hybridized carbons (Fsp3) is 0.292. The van der Waals surface area contributed by atoms with Crippen LogP contribution in [0.3, 0.4) is 0 Å². The number of nitriles is 1. The molecule has 3 N–H and O–H groups in total. The van der Waals surface area contributed by atoms with E-state index >= 15 is 0 Å². The highest BCUT2D eigenvalue weighted by Gasteiger charge is 2.31. The molecule has 0 bridgehead atoms. The number of aliphatic carboxylic acids is 1. The average molecular weight is 494 g/mol. The first-order chi connectivity index (χ1) is 16.7. The van der Waals surface area contributed by atoms with E-state index in [1.165, 1.54) is 6.26 Å². The van der Waals surface area contributed by atoms with Gasteiger partial charge >= 0.3 is 5.97 Å². The van der Waals surface area contributed by atoms with Gasteiger partial charge in [-0.25, -0.2) is 8.42 Å². The molecule has 0 unspecified atom stereocenters. The minimum atomic E-state index is -3.50. The van der Waals surface area contributed by atoms with Crippen molar-refractivity contribution in [3.8, 4) is 11.8 Å². The number of aromatic amines is 1. The van der Waals surface area contributed by atoms with E-state index in [1.54, 1.807) is 35.3 Å². The van der Waals surface area contributed by atoms with E-state index in [4.69, 9.17) is 4.74 Å². The number of carboxylic acid groups (broad SMARTS) is 1. The number of carboxylic acids is 1. The molecule has 0 spiro atoms. The molecular formula is C24H23N5O5S. The van der Waals surface area contributed by atoms with Crippen molar-refractivity contribution in [3.63, 3.8) is 0 Å². The molecule has 2 aromatic carbocycles. The highest BCUT2D eigenvalue weighted by Crippen LogP contribution is 2.33. The molecule has 5 rings (SSSR count). The van der Waals surface area contributed by atoms with Gasteiger partial charge in [-0.05, 0) is 36.8 Å². The minimum absolute atomic E-state index is 0.194. The van der Waals surface area contributed by atoms with Crippen molar-refractivity contribution in [3.05, 3.63) is 53.3 Å². The van der Waals surface area contributed by atoms with Gasteiger partial charge in [-0.2, -0.15) is 10.4 Å². The third-order valence-corrected chi connectivity index (χ3v) is 7.47. The maximum Gasteiger partial charge on any atom is 0.320 e. The monoisotopic (exact) mass is 493 g/mol. The maximum atomic E-state index is 12.6. The molecule has 1 fully saturated rings. The van der Waals surface area contributed by atoms with Crippen LogP contribution in [0.15, 0.2) is 41.6 Å². The van der Waals surface area contributed by atoms with E-state index in [1.807, 2.05) is 13.0 Å². The molecule has 1 saturated heterocycles. The molecule has 0 amide bonds. The number of aryl methyl sites for hydroxylation is 1. The molecule has 2 atom stereocenters. The van der Waals surface area contributed by atoms with Crippen LogP contribution < -0.4 is 10.1 Å².